The average Bonchev–Trinajstić information content (AvgIpc) is 2.77. The lowest BCUT2D eigenvalue weighted by molar-refractivity contribution is -0.252. The van der Waals surface area contributed by atoms with E-state index in [9.17, 15) is 31.1 Å². The molecule has 1 atom stereocenters. The van der Waals surface area contributed by atoms with Crippen LogP contribution in [-0.4, -0.2) is 42.7 Å². The highest BCUT2D eigenvalue weighted by molar-refractivity contribution is 7.88. The number of rotatable bonds is 3. The van der Waals surface area contributed by atoms with Crippen LogP contribution in [0.5, 0.6) is 0 Å². The third kappa shape index (κ3) is 3.26. The van der Waals surface area contributed by atoms with E-state index in [4.69, 9.17) is 0 Å². The van der Waals surface area contributed by atoms with Crippen molar-refractivity contribution in [2.45, 2.75) is 30.9 Å². The van der Waals surface area contributed by atoms with Gasteiger partial charge < -0.3 is 5.11 Å². The Morgan fingerprint density at radius 1 is 1.36 bits per heavy atom. The van der Waals surface area contributed by atoms with Gasteiger partial charge in [0.25, 0.3) is 0 Å². The molecule has 0 unspecified atom stereocenters. The third-order valence-corrected chi connectivity index (χ3v) is 5.45. The van der Waals surface area contributed by atoms with Crippen molar-refractivity contribution in [2.75, 3.05) is 13.1 Å². The van der Waals surface area contributed by atoms with Gasteiger partial charge in [0.1, 0.15) is 5.82 Å². The molecule has 0 radical (unpaired) electrons. The molecule has 2 rings (SSSR count). The maximum atomic E-state index is 13.7. The molecule has 0 saturated carbocycles. The molecule has 0 aromatic heterocycles. The van der Waals surface area contributed by atoms with Crippen LogP contribution in [0.3, 0.4) is 0 Å². The number of hydrogen-bond acceptors (Lipinski definition) is 3. The Bertz CT molecular complexity index is 674. The Hall–Kier alpha value is -1.19. The van der Waals surface area contributed by atoms with Gasteiger partial charge in [-0.2, -0.15) is 17.5 Å². The highest BCUT2D eigenvalue weighted by atomic mass is 32.2. The van der Waals surface area contributed by atoms with Crippen LogP contribution in [0.4, 0.5) is 17.6 Å². The topological polar surface area (TPSA) is 57.6 Å². The lowest BCUT2D eigenvalue weighted by Crippen LogP contribution is -2.48. The zero-order chi connectivity index (χ0) is 16.8. The van der Waals surface area contributed by atoms with Gasteiger partial charge in [-0.15, -0.1) is 0 Å². The summed E-state index contributed by atoms with van der Waals surface area (Å²) < 4.78 is 76.7. The molecule has 1 aromatic carbocycles. The molecule has 9 heteroatoms. The van der Waals surface area contributed by atoms with Gasteiger partial charge in [-0.3, -0.25) is 0 Å². The summed E-state index contributed by atoms with van der Waals surface area (Å²) in [5.41, 5.74) is -2.56. The number of hydrogen-bond donors (Lipinski definition) is 1. The Labute approximate surface area is 125 Å². The number of sulfonamides is 1. The van der Waals surface area contributed by atoms with E-state index in [2.05, 4.69) is 0 Å². The van der Waals surface area contributed by atoms with E-state index in [1.165, 1.54) is 12.1 Å². The molecule has 1 N–H and O–H groups in total. The minimum absolute atomic E-state index is 0.118. The second kappa shape index (κ2) is 5.47. The van der Waals surface area contributed by atoms with Crippen molar-refractivity contribution < 1.29 is 31.1 Å². The molecule has 0 bridgehead atoms. The summed E-state index contributed by atoms with van der Waals surface area (Å²) in [5, 5.41) is 9.51. The third-order valence-electron chi connectivity index (χ3n) is 3.68. The molecule has 22 heavy (non-hydrogen) atoms. The molecule has 1 aliphatic rings. The fourth-order valence-electron chi connectivity index (χ4n) is 2.29. The second-order valence-electron chi connectivity index (χ2n) is 5.46. The minimum atomic E-state index is -4.91. The van der Waals surface area contributed by atoms with Crippen molar-refractivity contribution in [3.8, 4) is 0 Å². The van der Waals surface area contributed by atoms with Gasteiger partial charge in [-0.1, -0.05) is 12.1 Å². The monoisotopic (exact) mass is 341 g/mol. The quantitative estimate of drug-likeness (QED) is 0.855. The van der Waals surface area contributed by atoms with Gasteiger partial charge in [0.15, 0.2) is 5.60 Å². The Kier molecular flexibility index (Phi) is 4.27. The van der Waals surface area contributed by atoms with E-state index in [1.54, 1.807) is 6.92 Å². The van der Waals surface area contributed by atoms with Gasteiger partial charge >= 0.3 is 6.18 Å². The molecule has 1 aliphatic heterocycles. The molecule has 1 heterocycles. The maximum absolute atomic E-state index is 13.7. The largest absolute Gasteiger partial charge is 0.418 e. The summed E-state index contributed by atoms with van der Waals surface area (Å²) in [6, 6.07) is 3.96. The Morgan fingerprint density at radius 3 is 2.50 bits per heavy atom. The molecule has 0 aliphatic carbocycles. The van der Waals surface area contributed by atoms with Crippen molar-refractivity contribution in [2.24, 2.45) is 0 Å². The summed E-state index contributed by atoms with van der Waals surface area (Å²) in [6.07, 6.45) is -5.64. The van der Waals surface area contributed by atoms with Gasteiger partial charge in [-0.25, -0.2) is 12.8 Å². The van der Waals surface area contributed by atoms with Crippen LogP contribution in [0.15, 0.2) is 18.2 Å². The normalized spacial score (nSPS) is 23.9. The van der Waals surface area contributed by atoms with Gasteiger partial charge in [-0.05, 0) is 18.6 Å². The first-order valence-corrected chi connectivity index (χ1v) is 8.07. The first kappa shape index (κ1) is 17.2. The lowest BCUT2D eigenvalue weighted by atomic mass is 10.0. The molecule has 4 nitrogen and oxygen atoms in total. The van der Waals surface area contributed by atoms with Crippen LogP contribution in [0, 0.1) is 12.7 Å². The van der Waals surface area contributed by atoms with Crippen molar-refractivity contribution in [3.05, 3.63) is 35.1 Å². The first-order chi connectivity index (χ1) is 9.95. The molecule has 1 fully saturated rings. The number of nitrogens with zero attached hydrogens (tertiary/aromatic N) is 1. The van der Waals surface area contributed by atoms with E-state index < -0.39 is 52.9 Å². The summed E-state index contributed by atoms with van der Waals surface area (Å²) in [6.45, 7) is 0.114. The summed E-state index contributed by atoms with van der Waals surface area (Å²) in [7, 11) is -4.15. The predicted molar refractivity (Wildman–Crippen MR) is 71.0 cm³/mol. The highest BCUT2D eigenvalue weighted by Gasteiger charge is 2.58. The number of aliphatic hydroxyl groups is 1. The molecular formula is C13H15F4NO3S. The average molecular weight is 341 g/mol. The van der Waals surface area contributed by atoms with E-state index >= 15 is 0 Å². The van der Waals surface area contributed by atoms with Gasteiger partial charge in [0.2, 0.25) is 10.0 Å². The molecule has 0 spiro atoms. The number of aryl methyl sites for hydroxylation is 1. The van der Waals surface area contributed by atoms with Crippen molar-refractivity contribution in [1.82, 2.24) is 4.31 Å². The van der Waals surface area contributed by atoms with Crippen LogP contribution in [0.25, 0.3) is 0 Å². The smallest absolute Gasteiger partial charge is 0.379 e. The Balaban J connectivity index is 2.19. The lowest BCUT2D eigenvalue weighted by Gasteiger charge is -2.25. The minimum Gasteiger partial charge on any atom is -0.379 e. The molecule has 1 aromatic rings. The molecule has 0 amide bonds. The molecule has 1 saturated heterocycles. The van der Waals surface area contributed by atoms with E-state index in [1.807, 2.05) is 0 Å². The summed E-state index contributed by atoms with van der Waals surface area (Å²) >= 11 is 0. The first-order valence-electron chi connectivity index (χ1n) is 6.47. The zero-order valence-electron chi connectivity index (χ0n) is 11.7. The molecular weight excluding hydrogens is 326 g/mol. The highest BCUT2D eigenvalue weighted by Crippen LogP contribution is 2.38. The predicted octanol–water partition coefficient (Wildman–Crippen LogP) is 1.96. The molecule has 124 valence electrons. The zero-order valence-corrected chi connectivity index (χ0v) is 12.5. The fraction of sp³-hybridized carbons (Fsp3) is 0.538. The van der Waals surface area contributed by atoms with Crippen LogP contribution >= 0.6 is 0 Å². The number of halogens is 4. The van der Waals surface area contributed by atoms with Gasteiger partial charge in [0, 0.05) is 18.5 Å². The maximum Gasteiger partial charge on any atom is 0.418 e. The van der Waals surface area contributed by atoms with Crippen LogP contribution in [0.1, 0.15) is 17.5 Å². The van der Waals surface area contributed by atoms with Gasteiger partial charge in [0.05, 0.1) is 12.3 Å². The van der Waals surface area contributed by atoms with Crippen LogP contribution in [-0.2, 0) is 15.8 Å². The van der Waals surface area contributed by atoms with E-state index in [-0.39, 0.29) is 5.56 Å². The van der Waals surface area contributed by atoms with Crippen molar-refractivity contribution in [3.63, 3.8) is 0 Å². The van der Waals surface area contributed by atoms with E-state index in [0.29, 0.717) is 9.87 Å². The van der Waals surface area contributed by atoms with Crippen LogP contribution < -0.4 is 0 Å². The Morgan fingerprint density at radius 2 is 2.00 bits per heavy atom. The summed E-state index contributed by atoms with van der Waals surface area (Å²) in [4.78, 5) is 0. The summed E-state index contributed by atoms with van der Waals surface area (Å²) in [5.74, 6) is -1.47. The van der Waals surface area contributed by atoms with Crippen molar-refractivity contribution in [1.29, 1.82) is 0 Å². The van der Waals surface area contributed by atoms with Crippen molar-refractivity contribution >= 4 is 10.0 Å². The van der Waals surface area contributed by atoms with E-state index in [0.717, 1.165) is 6.07 Å². The number of alkyl halides is 3. The number of β-amino-alcohol motifs (C(OH)–C–C–N with tert-alkyl or cyclic N) is 1. The fourth-order valence-corrected chi connectivity index (χ4v) is 3.87. The second-order valence-corrected chi connectivity index (χ2v) is 7.43. The standard InChI is InChI=1S/C13H15F4NO3S/c1-9-2-3-10(11(14)6-9)7-22(20,21)18-5-4-12(19,8-18)13(15,16)17/h2-3,6,19H,4-5,7-8H2,1H3/t12-/m0/s1. The SMILES string of the molecule is Cc1ccc(CS(=O)(=O)N2CC[C@@](O)(C(F)(F)F)C2)c(F)c1. The van der Waals surface area contributed by atoms with Crippen LogP contribution in [0.2, 0.25) is 0 Å². The number of benzene rings is 1.